The lowest BCUT2D eigenvalue weighted by Crippen LogP contribution is -2.27. The molecule has 1 aliphatic carbocycles. The van der Waals surface area contributed by atoms with Crippen LogP contribution in [0.1, 0.15) is 57.0 Å². The molecule has 40 heavy (non-hydrogen) atoms. The van der Waals surface area contributed by atoms with Crippen LogP contribution in [0.3, 0.4) is 0 Å². The minimum absolute atomic E-state index is 0.0869. The molecule has 2 aromatic heterocycles. The van der Waals surface area contributed by atoms with Gasteiger partial charge in [0.15, 0.2) is 0 Å². The molecule has 0 radical (unpaired) electrons. The van der Waals surface area contributed by atoms with E-state index in [4.69, 9.17) is 4.74 Å². The number of rotatable bonds is 10. The highest BCUT2D eigenvalue weighted by atomic mass is 32.2. The number of fused-ring (bicyclic) bond motifs is 2. The van der Waals surface area contributed by atoms with Gasteiger partial charge in [-0.25, -0.2) is 4.79 Å². The number of thioether (sulfide) groups is 1. The minimum Gasteiger partial charge on any atom is -0.462 e. The number of nitrogens with one attached hydrogen (secondary N) is 2. The Bertz CT molecular complexity index is 1570. The highest BCUT2D eigenvalue weighted by Gasteiger charge is 2.29. The molecule has 208 valence electrons. The van der Waals surface area contributed by atoms with Gasteiger partial charge >= 0.3 is 5.97 Å². The van der Waals surface area contributed by atoms with Crippen LogP contribution in [0.4, 0.5) is 5.00 Å². The first-order chi connectivity index (χ1) is 19.4. The van der Waals surface area contributed by atoms with E-state index in [1.54, 1.807) is 6.92 Å². The van der Waals surface area contributed by atoms with Gasteiger partial charge in [-0.2, -0.15) is 0 Å². The van der Waals surface area contributed by atoms with Crippen molar-refractivity contribution in [1.82, 2.24) is 9.88 Å². The Labute approximate surface area is 242 Å². The van der Waals surface area contributed by atoms with Gasteiger partial charge in [0.25, 0.3) is 5.91 Å². The summed E-state index contributed by atoms with van der Waals surface area (Å²) in [5.41, 5.74) is 4.21. The molecule has 0 fully saturated rings. The predicted molar refractivity (Wildman–Crippen MR) is 162 cm³/mol. The van der Waals surface area contributed by atoms with E-state index < -0.39 is 5.25 Å². The van der Waals surface area contributed by atoms with Gasteiger partial charge in [-0.1, -0.05) is 36.4 Å². The number of benzene rings is 2. The highest BCUT2D eigenvalue weighted by molar-refractivity contribution is 8.00. The molecule has 1 aliphatic rings. The van der Waals surface area contributed by atoms with Crippen molar-refractivity contribution in [2.24, 2.45) is 0 Å². The van der Waals surface area contributed by atoms with Crippen LogP contribution < -0.4 is 10.6 Å². The summed E-state index contributed by atoms with van der Waals surface area (Å²) in [6.45, 7) is 6.96. The smallest absolute Gasteiger partial charge is 0.341 e. The number of hydrogen-bond acceptors (Lipinski definition) is 6. The topological polar surface area (TPSA) is 89.4 Å². The molecule has 2 aromatic carbocycles. The zero-order chi connectivity index (χ0) is 28.2. The maximum Gasteiger partial charge on any atom is 0.341 e. The van der Waals surface area contributed by atoms with Crippen molar-refractivity contribution in [3.63, 3.8) is 0 Å². The molecule has 7 nitrogen and oxygen atoms in total. The third-order valence-corrected chi connectivity index (χ3v) is 9.44. The highest BCUT2D eigenvalue weighted by Crippen LogP contribution is 2.40. The summed E-state index contributed by atoms with van der Waals surface area (Å²) >= 11 is 2.97. The molecular formula is C31H33N3O4S2. The largest absolute Gasteiger partial charge is 0.462 e. The second kappa shape index (κ2) is 12.3. The molecule has 0 unspecified atom stereocenters. The van der Waals surface area contributed by atoms with Crippen LogP contribution in [0.5, 0.6) is 0 Å². The lowest BCUT2D eigenvalue weighted by molar-refractivity contribution is -0.115. The Morgan fingerprint density at radius 1 is 1.10 bits per heavy atom. The molecular weight excluding hydrogens is 542 g/mol. The van der Waals surface area contributed by atoms with Crippen LogP contribution in [0.2, 0.25) is 0 Å². The fraction of sp³-hybridized carbons (Fsp3) is 0.323. The molecule has 0 saturated heterocycles. The first-order valence-corrected chi connectivity index (χ1v) is 15.3. The molecule has 2 amide bonds. The molecule has 0 spiro atoms. The van der Waals surface area contributed by atoms with Gasteiger partial charge in [-0.15, -0.1) is 23.1 Å². The number of thiophene rings is 1. The van der Waals surface area contributed by atoms with Crippen molar-refractivity contribution in [2.75, 3.05) is 18.5 Å². The van der Waals surface area contributed by atoms with Crippen LogP contribution >= 0.6 is 23.1 Å². The number of carbonyl (C=O) groups is 3. The minimum atomic E-state index is -0.396. The number of anilines is 1. The van der Waals surface area contributed by atoms with E-state index in [-0.39, 0.29) is 17.8 Å². The monoisotopic (exact) mass is 575 g/mol. The van der Waals surface area contributed by atoms with Crippen molar-refractivity contribution >= 4 is 56.8 Å². The Morgan fingerprint density at radius 3 is 2.67 bits per heavy atom. The molecule has 0 bridgehead atoms. The van der Waals surface area contributed by atoms with Crippen LogP contribution in [0.25, 0.3) is 10.9 Å². The van der Waals surface area contributed by atoms with Crippen LogP contribution in [-0.2, 0) is 28.9 Å². The second-order valence-corrected chi connectivity index (χ2v) is 12.3. The Kier molecular flexibility index (Phi) is 8.61. The Hall–Kier alpha value is -3.56. The third kappa shape index (κ3) is 5.81. The SMILES string of the molecule is CCOC(=O)c1c(NC(=O)[C@H](C)Sc2cn(CCNC(=O)c3ccccc3C)c3ccccc23)sc2c1CCC2. The van der Waals surface area contributed by atoms with E-state index in [1.807, 2.05) is 68.6 Å². The Balaban J connectivity index is 1.28. The van der Waals surface area contributed by atoms with Crippen LogP contribution in [-0.4, -0.2) is 40.8 Å². The first-order valence-electron chi connectivity index (χ1n) is 13.6. The average Bonchev–Trinajstić information content (AvgIpc) is 3.62. The van der Waals surface area contributed by atoms with E-state index in [1.165, 1.54) is 23.1 Å². The van der Waals surface area contributed by atoms with E-state index in [2.05, 4.69) is 15.2 Å². The van der Waals surface area contributed by atoms with E-state index in [0.29, 0.717) is 35.8 Å². The third-order valence-electron chi connectivity index (χ3n) is 7.09. The van der Waals surface area contributed by atoms with Crippen molar-refractivity contribution in [3.05, 3.63) is 81.9 Å². The van der Waals surface area contributed by atoms with Gasteiger partial charge in [0, 0.05) is 45.5 Å². The van der Waals surface area contributed by atoms with Crippen molar-refractivity contribution < 1.29 is 19.1 Å². The number of amides is 2. The number of nitrogens with zero attached hydrogens (tertiary/aromatic N) is 1. The van der Waals surface area contributed by atoms with Gasteiger partial charge in [-0.3, -0.25) is 9.59 Å². The molecule has 4 aromatic rings. The van der Waals surface area contributed by atoms with Gasteiger partial charge in [0.1, 0.15) is 5.00 Å². The number of aromatic nitrogens is 1. The average molecular weight is 576 g/mol. The van der Waals surface area contributed by atoms with E-state index in [9.17, 15) is 14.4 Å². The van der Waals surface area contributed by atoms with Gasteiger partial charge in [0.2, 0.25) is 5.91 Å². The zero-order valence-electron chi connectivity index (χ0n) is 22.9. The molecule has 5 rings (SSSR count). The fourth-order valence-electron chi connectivity index (χ4n) is 5.07. The van der Waals surface area contributed by atoms with Gasteiger partial charge in [-0.05, 0) is 63.3 Å². The number of aryl methyl sites for hydroxylation is 2. The molecule has 1 atom stereocenters. The summed E-state index contributed by atoms with van der Waals surface area (Å²) in [7, 11) is 0. The lowest BCUT2D eigenvalue weighted by atomic mass is 10.1. The number of para-hydroxylation sites is 1. The van der Waals surface area contributed by atoms with Gasteiger partial charge in [0.05, 0.1) is 17.4 Å². The van der Waals surface area contributed by atoms with Crippen LogP contribution in [0, 0.1) is 6.92 Å². The lowest BCUT2D eigenvalue weighted by Gasteiger charge is -2.12. The summed E-state index contributed by atoms with van der Waals surface area (Å²) in [6.07, 6.45) is 4.83. The predicted octanol–water partition coefficient (Wildman–Crippen LogP) is 6.23. The van der Waals surface area contributed by atoms with Crippen molar-refractivity contribution in [1.29, 1.82) is 0 Å². The molecule has 0 aliphatic heterocycles. The molecule has 2 heterocycles. The van der Waals surface area contributed by atoms with E-state index in [0.717, 1.165) is 51.1 Å². The summed E-state index contributed by atoms with van der Waals surface area (Å²) < 4.78 is 7.42. The maximum atomic E-state index is 13.3. The Morgan fingerprint density at radius 2 is 1.88 bits per heavy atom. The second-order valence-electron chi connectivity index (χ2n) is 9.81. The van der Waals surface area contributed by atoms with E-state index >= 15 is 0 Å². The summed E-state index contributed by atoms with van der Waals surface area (Å²) in [6, 6.07) is 15.6. The number of hydrogen-bond donors (Lipinski definition) is 2. The summed E-state index contributed by atoms with van der Waals surface area (Å²) in [5.74, 6) is -0.607. The number of esters is 1. The van der Waals surface area contributed by atoms with Crippen molar-refractivity contribution in [3.8, 4) is 0 Å². The first kappa shape index (κ1) is 28.0. The normalized spacial score (nSPS) is 13.2. The molecule has 0 saturated carbocycles. The number of ether oxygens (including phenoxy) is 1. The fourth-order valence-corrected chi connectivity index (χ4v) is 7.39. The molecule has 9 heteroatoms. The summed E-state index contributed by atoms with van der Waals surface area (Å²) in [4.78, 5) is 40.8. The zero-order valence-corrected chi connectivity index (χ0v) is 24.5. The van der Waals surface area contributed by atoms with Crippen molar-refractivity contribution in [2.45, 2.75) is 56.7 Å². The quantitative estimate of drug-likeness (QED) is 0.173. The summed E-state index contributed by atoms with van der Waals surface area (Å²) in [5, 5.41) is 7.29. The van der Waals surface area contributed by atoms with Crippen LogP contribution in [0.15, 0.2) is 59.6 Å². The standard InChI is InChI=1S/C31H33N3O4S2/c1-4-38-31(37)27-23-13-9-15-25(23)40-30(27)33-28(35)20(3)39-26-18-34(24-14-8-7-12-22(24)26)17-16-32-29(36)21-11-6-5-10-19(21)2/h5-8,10-12,14,18,20H,4,9,13,15-17H2,1-3H3,(H,32,36)(H,33,35)/t20-/m0/s1. The maximum absolute atomic E-state index is 13.3. The number of carbonyl (C=O) groups excluding carboxylic acids is 3. The van der Waals surface area contributed by atoms with Gasteiger partial charge < -0.3 is 19.9 Å². The molecule has 2 N–H and O–H groups in total.